The summed E-state index contributed by atoms with van der Waals surface area (Å²) < 4.78 is 5.19. The van der Waals surface area contributed by atoms with Gasteiger partial charge < -0.3 is 14.7 Å². The topological polar surface area (TPSA) is 83.0 Å². The van der Waals surface area contributed by atoms with E-state index in [9.17, 15) is 14.7 Å². The zero-order valence-corrected chi connectivity index (χ0v) is 24.5. The average Bonchev–Trinajstić information content (AvgIpc) is 3.43. The van der Waals surface area contributed by atoms with Gasteiger partial charge in [-0.2, -0.15) is 0 Å². The summed E-state index contributed by atoms with van der Waals surface area (Å²) in [5.74, 6) is 0.271. The second-order valence-corrected chi connectivity index (χ2v) is 11.8. The van der Waals surface area contributed by atoms with Crippen molar-refractivity contribution >= 4 is 45.9 Å². The van der Waals surface area contributed by atoms with Crippen LogP contribution in [0.5, 0.6) is 5.75 Å². The van der Waals surface area contributed by atoms with Crippen LogP contribution in [0.25, 0.3) is 10.8 Å². The molecule has 2 aliphatic rings. The number of aromatic nitrogens is 1. The van der Waals surface area contributed by atoms with Gasteiger partial charge in [-0.25, -0.2) is 14.1 Å². The Morgan fingerprint density at radius 2 is 1.81 bits per heavy atom. The van der Waals surface area contributed by atoms with E-state index in [-0.39, 0.29) is 28.3 Å². The van der Waals surface area contributed by atoms with Crippen LogP contribution in [0.1, 0.15) is 36.4 Å². The molecule has 1 N–H and O–H groups in total. The van der Waals surface area contributed by atoms with Gasteiger partial charge in [0.25, 0.3) is 0 Å². The summed E-state index contributed by atoms with van der Waals surface area (Å²) in [6.45, 7) is 1.64. The number of benzene rings is 3. The Bertz CT molecular complexity index is 1650. The first-order chi connectivity index (χ1) is 20.3. The van der Waals surface area contributed by atoms with Crippen LogP contribution >= 0.6 is 11.6 Å². The van der Waals surface area contributed by atoms with Crippen LogP contribution in [0, 0.1) is 0 Å². The summed E-state index contributed by atoms with van der Waals surface area (Å²) in [6.07, 6.45) is 5.58. The monoisotopic (exact) mass is 585 g/mol. The van der Waals surface area contributed by atoms with Gasteiger partial charge in [-0.15, -0.1) is 0 Å². The highest BCUT2D eigenvalue weighted by atomic mass is 35.5. The summed E-state index contributed by atoms with van der Waals surface area (Å²) in [5, 5.41) is 12.0. The molecule has 1 saturated heterocycles. The lowest BCUT2D eigenvalue weighted by molar-refractivity contribution is -0.887. The van der Waals surface area contributed by atoms with Crippen molar-refractivity contribution in [1.82, 2.24) is 4.98 Å². The number of hydrogen-bond donors (Lipinski definition) is 1. The first-order valence-electron chi connectivity index (χ1n) is 14.3. The fraction of sp³-hybridized carbons (Fsp3) is 0.303. The van der Waals surface area contributed by atoms with Crippen LogP contribution in [0.4, 0.5) is 21.0 Å². The lowest BCUT2D eigenvalue weighted by Crippen LogP contribution is -2.64. The van der Waals surface area contributed by atoms with Crippen molar-refractivity contribution in [3.63, 3.8) is 0 Å². The number of quaternary nitrogens is 1. The number of fused-ring (bicyclic) bond motifs is 2. The molecule has 0 radical (unpaired) electrons. The van der Waals surface area contributed by atoms with E-state index in [1.165, 1.54) is 5.69 Å². The van der Waals surface area contributed by atoms with Crippen molar-refractivity contribution in [1.29, 1.82) is 0 Å². The minimum Gasteiger partial charge on any atom is -0.449 e. The number of piperidine rings is 1. The Balaban J connectivity index is 1.33. The molecule has 1 aromatic heterocycles. The number of carbonyl (C=O) groups excluding carboxylic acids is 1. The number of rotatable bonds is 5. The first-order valence-corrected chi connectivity index (χ1v) is 14.6. The molecule has 6 rings (SSSR count). The highest BCUT2D eigenvalue weighted by molar-refractivity contribution is 6.33. The van der Waals surface area contributed by atoms with Crippen molar-refractivity contribution in [2.75, 3.05) is 37.0 Å². The predicted octanol–water partition coefficient (Wildman–Crippen LogP) is 7.30. The molecule has 1 aliphatic heterocycles. The van der Waals surface area contributed by atoms with Crippen molar-refractivity contribution in [3.05, 3.63) is 95.3 Å². The molecule has 2 amide bonds. The molecule has 0 saturated carbocycles. The van der Waals surface area contributed by atoms with Gasteiger partial charge in [-0.1, -0.05) is 35.9 Å². The number of urea groups is 1. The van der Waals surface area contributed by atoms with Crippen molar-refractivity contribution in [2.24, 2.45) is 0 Å². The fourth-order valence-electron chi connectivity index (χ4n) is 6.90. The van der Waals surface area contributed by atoms with E-state index in [0.717, 1.165) is 60.7 Å². The Kier molecular flexibility index (Phi) is 7.51. The smallest absolute Gasteiger partial charge is 0.449 e. The van der Waals surface area contributed by atoms with E-state index in [1.807, 2.05) is 49.8 Å². The summed E-state index contributed by atoms with van der Waals surface area (Å²) in [4.78, 5) is 34.3. The molecule has 8 nitrogen and oxygen atoms in total. The first kappa shape index (κ1) is 28.0. The average molecular weight is 586 g/mol. The summed E-state index contributed by atoms with van der Waals surface area (Å²) in [7, 11) is 3.84. The molecular weight excluding hydrogens is 552 g/mol. The van der Waals surface area contributed by atoms with Gasteiger partial charge >= 0.3 is 12.2 Å². The zero-order chi connectivity index (χ0) is 29.4. The van der Waals surface area contributed by atoms with E-state index in [0.29, 0.717) is 10.7 Å². The number of ether oxygens (including phenoxy) is 1. The van der Waals surface area contributed by atoms with Gasteiger partial charge in [0.05, 0.1) is 17.8 Å². The lowest BCUT2D eigenvalue weighted by atomic mass is 9.95. The summed E-state index contributed by atoms with van der Waals surface area (Å²) in [6, 6.07) is 21.2. The maximum absolute atomic E-state index is 14.7. The van der Waals surface area contributed by atoms with Gasteiger partial charge in [0.2, 0.25) is 0 Å². The number of hydrogen-bond acceptors (Lipinski definition) is 5. The Hall–Kier alpha value is -4.14. The number of para-hydroxylation sites is 1. The van der Waals surface area contributed by atoms with Crippen molar-refractivity contribution in [2.45, 2.75) is 37.8 Å². The molecule has 4 aromatic rings. The molecule has 42 heavy (non-hydrogen) atoms. The highest BCUT2D eigenvalue weighted by Crippen LogP contribution is 2.46. The van der Waals surface area contributed by atoms with E-state index in [4.69, 9.17) is 16.3 Å². The quantitative estimate of drug-likeness (QED) is 0.150. The van der Waals surface area contributed by atoms with Gasteiger partial charge in [-0.3, -0.25) is 9.88 Å². The number of nitrogens with zero attached hydrogens (tertiary/aromatic N) is 4. The minimum atomic E-state index is -1.35. The highest BCUT2D eigenvalue weighted by Gasteiger charge is 2.52. The lowest BCUT2D eigenvalue weighted by Gasteiger charge is -2.48. The molecule has 2 unspecified atom stereocenters. The van der Waals surface area contributed by atoms with Gasteiger partial charge in [0.1, 0.15) is 17.8 Å². The molecule has 9 heteroatoms. The number of carbonyl (C=O) groups is 2. The molecule has 2 heterocycles. The third kappa shape index (κ3) is 5.05. The fourth-order valence-corrected chi connectivity index (χ4v) is 7.16. The number of pyridine rings is 1. The predicted molar refractivity (Wildman–Crippen MR) is 165 cm³/mol. The second kappa shape index (κ2) is 11.3. The van der Waals surface area contributed by atoms with Gasteiger partial charge in [-0.05, 0) is 59.8 Å². The normalized spacial score (nSPS) is 18.4. The number of anilines is 2. The van der Waals surface area contributed by atoms with Crippen LogP contribution in [-0.2, 0) is 6.42 Å². The summed E-state index contributed by atoms with van der Waals surface area (Å²) >= 11 is 6.55. The minimum absolute atomic E-state index is 0.0397. The molecule has 1 fully saturated rings. The van der Waals surface area contributed by atoms with Crippen molar-refractivity contribution in [3.8, 4) is 5.75 Å². The standard InChI is InChI=1S/C33H33ClN4O4/c1-36(30-6-4-3-5-29(30)34)32(39)38(2,31-12-9-22-8-11-27(20-28(22)31)42-33(40)41)26-14-17-37(18-15-26)25-10-7-24-21-35-16-13-23(24)19-25/h3-8,10-11,13,16,19-21,26,31H,9,12,14-15,17-18H2,1-2H3/p+1. The second-order valence-electron chi connectivity index (χ2n) is 11.3. The molecule has 1 aliphatic carbocycles. The number of halogens is 1. The van der Waals surface area contributed by atoms with Crippen LogP contribution in [0.3, 0.4) is 0 Å². The maximum Gasteiger partial charge on any atom is 0.511 e. The van der Waals surface area contributed by atoms with Crippen molar-refractivity contribution < 1.29 is 23.9 Å². The number of carboxylic acid groups (broad SMARTS) is 1. The molecule has 216 valence electrons. The van der Waals surface area contributed by atoms with Crippen LogP contribution in [0.15, 0.2) is 79.1 Å². The van der Waals surface area contributed by atoms with E-state index < -0.39 is 6.16 Å². The van der Waals surface area contributed by atoms with E-state index >= 15 is 0 Å². The summed E-state index contributed by atoms with van der Waals surface area (Å²) in [5.41, 5.74) is 3.93. The van der Waals surface area contributed by atoms with Gasteiger partial charge in [0.15, 0.2) is 0 Å². The third-order valence-electron chi connectivity index (χ3n) is 9.14. The van der Waals surface area contributed by atoms with E-state index in [2.05, 4.69) is 28.1 Å². The van der Waals surface area contributed by atoms with E-state index in [1.54, 1.807) is 30.1 Å². The Labute approximate surface area is 250 Å². The van der Waals surface area contributed by atoms with Crippen LogP contribution in [-0.4, -0.2) is 60.0 Å². The molecular formula is C33H34ClN4O4+. The van der Waals surface area contributed by atoms with Crippen LogP contribution < -0.4 is 14.5 Å². The number of aryl methyl sites for hydroxylation is 1. The maximum atomic E-state index is 14.7. The molecule has 2 atom stereocenters. The largest absolute Gasteiger partial charge is 0.511 e. The molecule has 0 bridgehead atoms. The molecule has 3 aromatic carbocycles. The Morgan fingerprint density at radius 3 is 2.57 bits per heavy atom. The van der Waals surface area contributed by atoms with Crippen LogP contribution in [0.2, 0.25) is 5.02 Å². The Morgan fingerprint density at radius 1 is 1.02 bits per heavy atom. The zero-order valence-electron chi connectivity index (χ0n) is 23.7. The third-order valence-corrected chi connectivity index (χ3v) is 9.46. The molecule has 0 spiro atoms. The van der Waals surface area contributed by atoms with Gasteiger partial charge in [0, 0.05) is 68.4 Å². The SMILES string of the molecule is CN(C(=O)[N+](C)(C1CCN(c2ccc3cnccc3c2)CC1)C1CCc2ccc(OC(=O)O)cc21)c1ccccc1Cl. The number of amides is 2.